The highest BCUT2D eigenvalue weighted by atomic mass is 19.4. The Balaban J connectivity index is 1.57. The van der Waals surface area contributed by atoms with E-state index in [1.807, 2.05) is 13.1 Å². The number of aromatic nitrogens is 4. The number of hydrogen-bond acceptors (Lipinski definition) is 5. The van der Waals surface area contributed by atoms with Crippen LogP contribution in [0.4, 0.5) is 13.2 Å². The molecule has 1 fully saturated rings. The number of carbonyl (C=O) groups excluding carboxylic acids is 1. The van der Waals surface area contributed by atoms with Crippen molar-refractivity contribution in [2.75, 3.05) is 13.1 Å². The topological polar surface area (TPSA) is 77.0 Å². The molecule has 4 heterocycles. The highest BCUT2D eigenvalue weighted by molar-refractivity contribution is 5.82. The summed E-state index contributed by atoms with van der Waals surface area (Å²) in [5.74, 6) is -0.573. The first-order valence-corrected chi connectivity index (χ1v) is 10.8. The fraction of sp³-hybridized carbons (Fsp3) is 0.545. The van der Waals surface area contributed by atoms with Crippen molar-refractivity contribution in [2.24, 2.45) is 0 Å². The Morgan fingerprint density at radius 1 is 1.34 bits per heavy atom. The maximum absolute atomic E-state index is 13.9. The first-order chi connectivity index (χ1) is 15.1. The Morgan fingerprint density at radius 3 is 2.78 bits per heavy atom. The highest BCUT2D eigenvalue weighted by Crippen LogP contribution is 2.40. The molecule has 0 N–H and O–H groups in total. The number of likely N-dealkylation sites (tertiary alicyclic amines) is 1. The quantitative estimate of drug-likeness (QED) is 0.566. The molecule has 1 saturated heterocycles. The van der Waals surface area contributed by atoms with E-state index in [9.17, 15) is 18.0 Å². The van der Waals surface area contributed by atoms with E-state index in [1.54, 1.807) is 29.6 Å². The van der Waals surface area contributed by atoms with E-state index >= 15 is 0 Å². The van der Waals surface area contributed by atoms with Crippen LogP contribution < -0.4 is 0 Å². The van der Waals surface area contributed by atoms with E-state index < -0.39 is 11.7 Å². The third-order valence-corrected chi connectivity index (χ3v) is 5.87. The summed E-state index contributed by atoms with van der Waals surface area (Å²) < 4.78 is 48.6. The number of fused-ring (bicyclic) bond motifs is 1. The molecule has 32 heavy (non-hydrogen) atoms. The number of aryl methyl sites for hydroxylation is 2. The van der Waals surface area contributed by atoms with E-state index in [-0.39, 0.29) is 41.0 Å². The van der Waals surface area contributed by atoms with Crippen LogP contribution in [-0.4, -0.2) is 43.8 Å². The fourth-order valence-corrected chi connectivity index (χ4v) is 4.17. The van der Waals surface area contributed by atoms with E-state index in [2.05, 4.69) is 15.2 Å². The van der Waals surface area contributed by atoms with Crippen molar-refractivity contribution in [3.8, 4) is 0 Å². The lowest BCUT2D eigenvalue weighted by Crippen LogP contribution is -2.39. The molecule has 1 aliphatic heterocycles. The normalized spacial score (nSPS) is 17.5. The predicted octanol–water partition coefficient (Wildman–Crippen LogP) is 4.67. The van der Waals surface area contributed by atoms with Crippen LogP contribution in [0.5, 0.6) is 0 Å². The van der Waals surface area contributed by atoms with Gasteiger partial charge in [-0.1, -0.05) is 19.0 Å². The van der Waals surface area contributed by atoms with Crippen LogP contribution in [0.1, 0.15) is 67.5 Å². The summed E-state index contributed by atoms with van der Waals surface area (Å²) in [4.78, 5) is 18.7. The van der Waals surface area contributed by atoms with Gasteiger partial charge >= 0.3 is 6.18 Å². The van der Waals surface area contributed by atoms with Crippen LogP contribution in [0, 0.1) is 6.92 Å². The van der Waals surface area contributed by atoms with Crippen LogP contribution in [-0.2, 0) is 17.5 Å². The van der Waals surface area contributed by atoms with Crippen LogP contribution in [0.25, 0.3) is 11.1 Å². The average Bonchev–Trinajstić information content (AvgIpc) is 3.36. The van der Waals surface area contributed by atoms with Crippen molar-refractivity contribution >= 4 is 17.0 Å². The number of pyridine rings is 1. The number of amides is 1. The Labute approximate surface area is 183 Å². The van der Waals surface area contributed by atoms with Gasteiger partial charge in [-0.2, -0.15) is 18.3 Å². The third kappa shape index (κ3) is 4.49. The maximum Gasteiger partial charge on any atom is 0.417 e. The molecule has 0 unspecified atom stereocenters. The minimum absolute atomic E-state index is 0.0492. The van der Waals surface area contributed by atoms with Gasteiger partial charge in [0, 0.05) is 43.9 Å². The molecule has 0 aromatic carbocycles. The minimum atomic E-state index is -4.56. The lowest BCUT2D eigenvalue weighted by Gasteiger charge is -2.32. The van der Waals surface area contributed by atoms with E-state index in [0.29, 0.717) is 38.2 Å². The number of hydrogen-bond donors (Lipinski definition) is 0. The van der Waals surface area contributed by atoms with Gasteiger partial charge in [-0.15, -0.1) is 0 Å². The Morgan fingerprint density at radius 2 is 2.12 bits per heavy atom. The van der Waals surface area contributed by atoms with Crippen molar-refractivity contribution in [2.45, 2.75) is 64.6 Å². The van der Waals surface area contributed by atoms with Gasteiger partial charge in [0.2, 0.25) is 5.91 Å². The van der Waals surface area contributed by atoms with Gasteiger partial charge in [0.05, 0.1) is 22.8 Å². The largest absolute Gasteiger partial charge is 0.417 e. The van der Waals surface area contributed by atoms with Crippen LogP contribution in [0.2, 0.25) is 0 Å². The van der Waals surface area contributed by atoms with Gasteiger partial charge in [0.1, 0.15) is 0 Å². The smallest absolute Gasteiger partial charge is 0.342 e. The molecular weight excluding hydrogens is 423 g/mol. The van der Waals surface area contributed by atoms with E-state index in [1.165, 1.54) is 0 Å². The lowest BCUT2D eigenvalue weighted by molar-refractivity contribution is -0.136. The number of piperidine rings is 1. The molecule has 1 amide bonds. The summed E-state index contributed by atoms with van der Waals surface area (Å²) in [6.45, 7) is 6.83. The van der Waals surface area contributed by atoms with Gasteiger partial charge in [-0.05, 0) is 37.3 Å². The van der Waals surface area contributed by atoms with E-state index in [4.69, 9.17) is 4.52 Å². The second kappa shape index (κ2) is 8.55. The van der Waals surface area contributed by atoms with Crippen LogP contribution in [0.15, 0.2) is 23.0 Å². The summed E-state index contributed by atoms with van der Waals surface area (Å²) in [7, 11) is 0. The second-order valence-corrected chi connectivity index (χ2v) is 8.70. The average molecular weight is 449 g/mol. The van der Waals surface area contributed by atoms with Gasteiger partial charge < -0.3 is 9.42 Å². The van der Waals surface area contributed by atoms with Crippen molar-refractivity contribution in [3.63, 3.8) is 0 Å². The predicted molar refractivity (Wildman–Crippen MR) is 111 cm³/mol. The zero-order valence-electron chi connectivity index (χ0n) is 18.3. The molecule has 1 aliphatic rings. The standard InChI is InChI=1S/C22H26F3N5O2/c1-13(2)17-9-16(22(23,24)25)19-20(28-32-21(19)27-17)15-5-4-7-29(12-15)18(31)6-8-30-11-14(3)10-26-30/h9-11,13,15H,4-8,12H2,1-3H3/t15-/m1/s1. The third-order valence-electron chi connectivity index (χ3n) is 5.87. The van der Waals surface area contributed by atoms with Gasteiger partial charge in [0.15, 0.2) is 0 Å². The molecule has 0 radical (unpaired) electrons. The molecule has 7 nitrogen and oxygen atoms in total. The van der Waals surface area contributed by atoms with Gasteiger partial charge in [-0.3, -0.25) is 9.48 Å². The zero-order chi connectivity index (χ0) is 23.0. The number of alkyl halides is 3. The monoisotopic (exact) mass is 449 g/mol. The first-order valence-electron chi connectivity index (χ1n) is 10.8. The molecule has 10 heteroatoms. The van der Waals surface area contributed by atoms with E-state index in [0.717, 1.165) is 11.6 Å². The summed E-state index contributed by atoms with van der Waals surface area (Å²) in [5, 5.41) is 8.09. The number of carbonyl (C=O) groups is 1. The molecule has 3 aromatic heterocycles. The summed E-state index contributed by atoms with van der Waals surface area (Å²) >= 11 is 0. The molecule has 0 aliphatic carbocycles. The fourth-order valence-electron chi connectivity index (χ4n) is 4.17. The zero-order valence-corrected chi connectivity index (χ0v) is 18.3. The van der Waals surface area contributed by atoms with Crippen molar-refractivity contribution in [1.82, 2.24) is 24.8 Å². The maximum atomic E-state index is 13.9. The molecule has 4 rings (SSSR count). The Bertz CT molecular complexity index is 1120. The summed E-state index contributed by atoms with van der Waals surface area (Å²) in [6.07, 6.45) is 0.633. The van der Waals surface area contributed by atoms with Crippen LogP contribution in [0.3, 0.4) is 0 Å². The second-order valence-electron chi connectivity index (χ2n) is 8.70. The van der Waals surface area contributed by atoms with Crippen molar-refractivity contribution in [1.29, 1.82) is 0 Å². The molecule has 0 spiro atoms. The Kier molecular flexibility index (Phi) is 5.96. The van der Waals surface area contributed by atoms with Crippen molar-refractivity contribution < 1.29 is 22.5 Å². The van der Waals surface area contributed by atoms with Crippen LogP contribution >= 0.6 is 0 Å². The molecule has 1 atom stereocenters. The molecule has 3 aromatic rings. The highest BCUT2D eigenvalue weighted by Gasteiger charge is 2.38. The first kappa shape index (κ1) is 22.3. The Hall–Kier alpha value is -2.91. The minimum Gasteiger partial charge on any atom is -0.342 e. The number of halogens is 3. The molecule has 0 saturated carbocycles. The molecular formula is C22H26F3N5O2. The number of nitrogens with zero attached hydrogens (tertiary/aromatic N) is 5. The van der Waals surface area contributed by atoms with Crippen molar-refractivity contribution in [3.05, 3.63) is 41.0 Å². The van der Waals surface area contributed by atoms with Gasteiger partial charge in [-0.25, -0.2) is 4.98 Å². The summed E-state index contributed by atoms with van der Waals surface area (Å²) in [6, 6.07) is 1.09. The lowest BCUT2D eigenvalue weighted by atomic mass is 9.91. The molecule has 0 bridgehead atoms. The van der Waals surface area contributed by atoms with Gasteiger partial charge in [0.25, 0.3) is 5.71 Å². The number of rotatable bonds is 5. The summed E-state index contributed by atoms with van der Waals surface area (Å²) in [5.41, 5.74) is 0.677. The molecule has 172 valence electrons. The SMILES string of the molecule is Cc1cnn(CCC(=O)N2CCC[C@@H](c3noc4nc(C(C)C)cc(C(F)(F)F)c34)C2)c1.